The van der Waals surface area contributed by atoms with Crippen LogP contribution in [-0.4, -0.2) is 73.4 Å². The Hall–Kier alpha value is -4.93. The average Bonchev–Trinajstić information content (AvgIpc) is 3.63. The summed E-state index contributed by atoms with van der Waals surface area (Å²) in [5.74, 6) is 1.43. The van der Waals surface area contributed by atoms with Crippen LogP contribution in [0.15, 0.2) is 76.5 Å². The van der Waals surface area contributed by atoms with Crippen molar-refractivity contribution >= 4 is 35.8 Å². The van der Waals surface area contributed by atoms with Gasteiger partial charge in [0.25, 0.3) is 0 Å². The van der Waals surface area contributed by atoms with Gasteiger partial charge in [-0.15, -0.1) is 0 Å². The van der Waals surface area contributed by atoms with Crippen LogP contribution in [0.2, 0.25) is 0 Å². The third kappa shape index (κ3) is 6.22. The maximum Gasteiger partial charge on any atom is 0.475 e. The number of hydrogen-bond acceptors (Lipinski definition) is 14. The standard InChI is InChI=1S/C32H30N5O11P/c1-16-9-18(43-2)4-7-20(16)26-21-6-3-17(38)10-23(21)47-24-11-19(5-8-22(24)26)44-15-46-49(41,42)45-12-25-28(39)29(40)32(48-25)37-14-36-27-30(33)34-13-35-31(27)37/h3-11,13-14,25,28-29,32,39-40H,12,15H2,1-2H3,(H,41,42)(H2,33,34,35)/t25-,28-,29-,32-/m1/s1. The Morgan fingerprint density at radius 2 is 1.78 bits per heavy atom. The third-order valence-electron chi connectivity index (χ3n) is 8.21. The van der Waals surface area contributed by atoms with Crippen molar-refractivity contribution in [1.82, 2.24) is 19.5 Å². The summed E-state index contributed by atoms with van der Waals surface area (Å²) in [5.41, 5.74) is 9.97. The second-order valence-electron chi connectivity index (χ2n) is 11.3. The number of aromatic nitrogens is 4. The molecule has 7 rings (SSSR count). The summed E-state index contributed by atoms with van der Waals surface area (Å²) >= 11 is 0. The molecule has 0 bridgehead atoms. The van der Waals surface area contributed by atoms with Crippen LogP contribution >= 0.6 is 7.82 Å². The zero-order chi connectivity index (χ0) is 34.4. The van der Waals surface area contributed by atoms with Gasteiger partial charge in [-0.2, -0.15) is 0 Å². The first kappa shape index (κ1) is 32.6. The van der Waals surface area contributed by atoms with E-state index < -0.39 is 45.8 Å². The summed E-state index contributed by atoms with van der Waals surface area (Å²) in [4.78, 5) is 34.6. The lowest BCUT2D eigenvalue weighted by Crippen LogP contribution is -2.33. The number of rotatable bonds is 10. The molecule has 4 aromatic rings. The number of nitrogen functional groups attached to an aromatic ring is 1. The van der Waals surface area contributed by atoms with E-state index in [1.807, 2.05) is 25.1 Å². The zero-order valence-electron chi connectivity index (χ0n) is 26.0. The molecule has 3 aliphatic rings. The van der Waals surface area contributed by atoms with Gasteiger partial charge in [-0.25, -0.2) is 24.0 Å². The predicted octanol–water partition coefficient (Wildman–Crippen LogP) is 3.39. The van der Waals surface area contributed by atoms with Gasteiger partial charge >= 0.3 is 7.82 Å². The number of anilines is 1. The second kappa shape index (κ2) is 12.8. The summed E-state index contributed by atoms with van der Waals surface area (Å²) in [5, 5.41) is 21.9. The number of benzene rings is 3. The molecule has 254 valence electrons. The van der Waals surface area contributed by atoms with E-state index in [4.69, 9.17) is 33.4 Å². The maximum atomic E-state index is 12.7. The van der Waals surface area contributed by atoms with Gasteiger partial charge < -0.3 is 39.5 Å². The second-order valence-corrected chi connectivity index (χ2v) is 12.7. The van der Waals surface area contributed by atoms with Crippen LogP contribution in [0.4, 0.5) is 5.82 Å². The Morgan fingerprint density at radius 3 is 2.57 bits per heavy atom. The van der Waals surface area contributed by atoms with E-state index in [-0.39, 0.29) is 28.2 Å². The number of aryl methyl sites for hydroxylation is 1. The molecule has 1 unspecified atom stereocenters. The number of hydrogen-bond donors (Lipinski definition) is 4. The fourth-order valence-electron chi connectivity index (χ4n) is 5.79. The molecule has 0 saturated carbocycles. The molecule has 1 aliphatic carbocycles. The molecule has 4 heterocycles. The normalized spacial score (nSPS) is 20.6. The molecule has 0 amide bonds. The van der Waals surface area contributed by atoms with Crippen molar-refractivity contribution in [2.45, 2.75) is 31.5 Å². The minimum absolute atomic E-state index is 0.120. The first-order valence-corrected chi connectivity index (χ1v) is 16.4. The Labute approximate surface area is 277 Å². The number of imidazole rings is 1. The number of phosphoric acid groups is 1. The molecule has 5 N–H and O–H groups in total. The average molecular weight is 692 g/mol. The number of methoxy groups -OCH3 is 1. The third-order valence-corrected chi connectivity index (χ3v) is 9.12. The number of fused-ring (bicyclic) bond motifs is 3. The molecule has 0 radical (unpaired) electrons. The van der Waals surface area contributed by atoms with Crippen molar-refractivity contribution in [3.63, 3.8) is 0 Å². The van der Waals surface area contributed by atoms with E-state index in [1.165, 1.54) is 29.4 Å². The minimum Gasteiger partial charge on any atom is -0.497 e. The molecular weight excluding hydrogens is 661 g/mol. The molecule has 17 heteroatoms. The van der Waals surface area contributed by atoms with Gasteiger partial charge in [-0.05, 0) is 54.4 Å². The Bertz CT molecular complexity index is 2260. The van der Waals surface area contributed by atoms with Crippen LogP contribution < -0.4 is 20.6 Å². The van der Waals surface area contributed by atoms with Crippen LogP contribution in [0, 0.1) is 6.92 Å². The van der Waals surface area contributed by atoms with Crippen molar-refractivity contribution in [3.05, 3.63) is 83.0 Å². The van der Waals surface area contributed by atoms with Crippen molar-refractivity contribution in [3.8, 4) is 33.9 Å². The van der Waals surface area contributed by atoms with Crippen LogP contribution in [0.25, 0.3) is 44.6 Å². The molecular formula is C32H30N5O11P. The summed E-state index contributed by atoms with van der Waals surface area (Å²) < 4.78 is 46.8. The number of nitrogens with zero attached hydrogens (tertiary/aromatic N) is 4. The van der Waals surface area contributed by atoms with E-state index in [9.17, 15) is 24.5 Å². The molecule has 5 atom stereocenters. The number of aliphatic hydroxyl groups is 2. The van der Waals surface area contributed by atoms with E-state index in [0.29, 0.717) is 17.1 Å². The molecule has 49 heavy (non-hydrogen) atoms. The fourth-order valence-corrected chi connectivity index (χ4v) is 6.39. The summed E-state index contributed by atoms with van der Waals surface area (Å²) in [6.45, 7) is 0.659. The molecule has 1 fully saturated rings. The molecule has 2 aromatic heterocycles. The first-order valence-electron chi connectivity index (χ1n) is 14.9. The highest BCUT2D eigenvalue weighted by Gasteiger charge is 2.45. The number of nitrogens with two attached hydrogens (primary N) is 1. The molecule has 0 spiro atoms. The van der Waals surface area contributed by atoms with Crippen LogP contribution in [0.3, 0.4) is 0 Å². The quantitative estimate of drug-likeness (QED) is 0.0918. The first-order chi connectivity index (χ1) is 23.5. The number of ether oxygens (including phenoxy) is 3. The van der Waals surface area contributed by atoms with E-state index in [1.54, 1.807) is 31.4 Å². The van der Waals surface area contributed by atoms with Gasteiger partial charge in [-0.1, -0.05) is 6.07 Å². The lowest BCUT2D eigenvalue weighted by molar-refractivity contribution is -0.0531. The molecule has 2 aromatic carbocycles. The van der Waals surface area contributed by atoms with Crippen molar-refractivity contribution < 1.29 is 47.3 Å². The van der Waals surface area contributed by atoms with E-state index >= 15 is 0 Å². The molecule has 1 saturated heterocycles. The van der Waals surface area contributed by atoms with Crippen LogP contribution in [0.1, 0.15) is 11.8 Å². The zero-order valence-corrected chi connectivity index (χ0v) is 26.9. The lowest BCUT2D eigenvalue weighted by atomic mass is 9.91. The van der Waals surface area contributed by atoms with Gasteiger partial charge in [0.05, 0.1) is 20.0 Å². The summed E-state index contributed by atoms with van der Waals surface area (Å²) in [7, 11) is -3.13. The SMILES string of the molecule is COc1ccc(-c2c3ccc(=O)cc-3oc3cc(OCOP(=O)(O)OC[C@H]4O[C@@H](n5cnc6c(N)ncnc65)[C@H](O)[C@@H]4O)ccc23)c(C)c1. The topological polar surface area (TPSA) is 224 Å². The van der Waals surface area contributed by atoms with E-state index in [2.05, 4.69) is 15.0 Å². The predicted molar refractivity (Wildman–Crippen MR) is 174 cm³/mol. The van der Waals surface area contributed by atoms with Crippen LogP contribution in [-0.2, 0) is 18.3 Å². The highest BCUT2D eigenvalue weighted by Crippen LogP contribution is 2.45. The Balaban J connectivity index is 1.04. The van der Waals surface area contributed by atoms with E-state index in [0.717, 1.165) is 27.6 Å². The van der Waals surface area contributed by atoms with Gasteiger partial charge in [0.1, 0.15) is 53.0 Å². The Morgan fingerprint density at radius 1 is 0.980 bits per heavy atom. The largest absolute Gasteiger partial charge is 0.497 e. The summed E-state index contributed by atoms with van der Waals surface area (Å²) in [6.07, 6.45) is -2.75. The molecule has 2 aliphatic heterocycles. The monoisotopic (exact) mass is 691 g/mol. The fraction of sp³-hybridized carbons (Fsp3) is 0.250. The Kier molecular flexibility index (Phi) is 8.54. The van der Waals surface area contributed by atoms with Gasteiger partial charge in [0.2, 0.25) is 0 Å². The highest BCUT2D eigenvalue weighted by atomic mass is 31.2. The smallest absolute Gasteiger partial charge is 0.475 e. The highest BCUT2D eigenvalue weighted by molar-refractivity contribution is 7.47. The van der Waals surface area contributed by atoms with Crippen LogP contribution in [0.5, 0.6) is 11.5 Å². The van der Waals surface area contributed by atoms with Crippen molar-refractivity contribution in [2.24, 2.45) is 0 Å². The number of phosphoric ester groups is 1. The number of aliphatic hydroxyl groups excluding tert-OH is 2. The minimum atomic E-state index is -4.72. The molecule has 16 nitrogen and oxygen atoms in total. The van der Waals surface area contributed by atoms with Gasteiger partial charge in [0, 0.05) is 28.6 Å². The van der Waals surface area contributed by atoms with Crippen molar-refractivity contribution in [2.75, 3.05) is 26.2 Å². The van der Waals surface area contributed by atoms with Gasteiger partial charge in [-0.3, -0.25) is 13.9 Å². The van der Waals surface area contributed by atoms with Crippen molar-refractivity contribution in [1.29, 1.82) is 0 Å². The van der Waals surface area contributed by atoms with Gasteiger partial charge in [0.15, 0.2) is 29.9 Å². The lowest BCUT2D eigenvalue weighted by Gasteiger charge is -2.18. The summed E-state index contributed by atoms with van der Waals surface area (Å²) in [6, 6.07) is 15.3. The maximum absolute atomic E-state index is 12.7.